The summed E-state index contributed by atoms with van der Waals surface area (Å²) in [5, 5.41) is 11.6. The first-order valence-corrected chi connectivity index (χ1v) is 12.6. The Morgan fingerprint density at radius 1 is 1.17 bits per heavy atom. The molecule has 0 unspecified atom stereocenters. The average molecular weight is 478 g/mol. The highest BCUT2D eigenvalue weighted by Crippen LogP contribution is 2.49. The lowest BCUT2D eigenvalue weighted by Crippen LogP contribution is -2.66. The van der Waals surface area contributed by atoms with Gasteiger partial charge in [0.2, 0.25) is 5.91 Å². The first-order chi connectivity index (χ1) is 17.0. The Labute approximate surface area is 204 Å². The number of nitrogens with one attached hydrogen (secondary N) is 1. The summed E-state index contributed by atoms with van der Waals surface area (Å²) < 4.78 is 19.2. The van der Waals surface area contributed by atoms with Crippen molar-refractivity contribution in [3.8, 4) is 5.75 Å². The number of H-pyrrole nitrogens is 1. The number of aromatic nitrogens is 1. The summed E-state index contributed by atoms with van der Waals surface area (Å²) in [7, 11) is 1.65. The third-order valence-electron chi connectivity index (χ3n) is 8.26. The van der Waals surface area contributed by atoms with Crippen molar-refractivity contribution in [3.05, 3.63) is 65.1 Å². The maximum atomic E-state index is 13.7. The number of amides is 1. The molecule has 1 saturated heterocycles. The zero-order valence-corrected chi connectivity index (χ0v) is 20.1. The van der Waals surface area contributed by atoms with Crippen molar-refractivity contribution >= 4 is 16.8 Å². The summed E-state index contributed by atoms with van der Waals surface area (Å²) in [5.74, 6) is 0.773. The third kappa shape index (κ3) is 3.72. The molecule has 1 amide bonds. The molecule has 1 saturated carbocycles. The number of carbonyl (C=O) groups excluding carboxylic acids is 1. The van der Waals surface area contributed by atoms with Gasteiger partial charge in [-0.05, 0) is 48.2 Å². The molecular formula is C28H32FN3O3. The van der Waals surface area contributed by atoms with Crippen molar-refractivity contribution in [2.75, 3.05) is 33.4 Å². The number of fused-ring (bicyclic) bond motifs is 4. The molecule has 2 N–H and O–H groups in total. The molecule has 1 atom stereocenters. The van der Waals surface area contributed by atoms with Crippen LogP contribution < -0.4 is 4.74 Å². The van der Waals surface area contributed by atoms with Gasteiger partial charge < -0.3 is 19.7 Å². The van der Waals surface area contributed by atoms with Gasteiger partial charge in [-0.2, -0.15) is 0 Å². The second-order valence-corrected chi connectivity index (χ2v) is 10.5. The van der Waals surface area contributed by atoms with Crippen LogP contribution in [-0.4, -0.2) is 59.1 Å². The van der Waals surface area contributed by atoms with E-state index in [0.717, 1.165) is 66.7 Å². The topological polar surface area (TPSA) is 68.8 Å². The van der Waals surface area contributed by atoms with E-state index in [1.54, 1.807) is 19.2 Å². The molecular weight excluding hydrogens is 445 g/mol. The fraction of sp³-hybridized carbons (Fsp3) is 0.464. The summed E-state index contributed by atoms with van der Waals surface area (Å²) >= 11 is 0. The SMILES string of the molecule is COc1ccc2c3c([nH]c2c1)[C@@H](CO)N(C(=O)C1CCCC1)CC31CN(Cc2cccc(F)c2)C1. The molecule has 3 aliphatic rings. The predicted octanol–water partition coefficient (Wildman–Crippen LogP) is 4.14. The van der Waals surface area contributed by atoms with E-state index >= 15 is 0 Å². The van der Waals surface area contributed by atoms with E-state index in [1.807, 2.05) is 23.1 Å². The molecule has 35 heavy (non-hydrogen) atoms. The van der Waals surface area contributed by atoms with Gasteiger partial charge >= 0.3 is 0 Å². The number of hydrogen-bond acceptors (Lipinski definition) is 4. The van der Waals surface area contributed by atoms with Gasteiger partial charge in [-0.15, -0.1) is 0 Å². The predicted molar refractivity (Wildman–Crippen MR) is 132 cm³/mol. The highest BCUT2D eigenvalue weighted by molar-refractivity contribution is 5.89. The molecule has 1 aromatic heterocycles. The van der Waals surface area contributed by atoms with E-state index in [4.69, 9.17) is 4.74 Å². The van der Waals surface area contributed by atoms with Crippen molar-refractivity contribution in [1.29, 1.82) is 0 Å². The number of carbonyl (C=O) groups is 1. The van der Waals surface area contributed by atoms with E-state index in [0.29, 0.717) is 13.1 Å². The number of aliphatic hydroxyl groups is 1. The molecule has 184 valence electrons. The number of likely N-dealkylation sites (tertiary alicyclic amines) is 1. The summed E-state index contributed by atoms with van der Waals surface area (Å²) in [6.45, 7) is 2.72. The van der Waals surface area contributed by atoms with Gasteiger partial charge in [0.05, 0.1) is 19.8 Å². The molecule has 0 bridgehead atoms. The monoisotopic (exact) mass is 477 g/mol. The van der Waals surface area contributed by atoms with Crippen molar-refractivity contribution in [2.24, 2.45) is 5.92 Å². The minimum Gasteiger partial charge on any atom is -0.497 e. The Hall–Kier alpha value is -2.90. The zero-order valence-electron chi connectivity index (χ0n) is 20.1. The van der Waals surface area contributed by atoms with Crippen LogP contribution in [0.5, 0.6) is 5.75 Å². The second-order valence-electron chi connectivity index (χ2n) is 10.5. The number of methoxy groups -OCH3 is 1. The summed E-state index contributed by atoms with van der Waals surface area (Å²) in [6, 6.07) is 12.4. The van der Waals surface area contributed by atoms with Crippen LogP contribution in [0.4, 0.5) is 4.39 Å². The second kappa shape index (κ2) is 8.64. The average Bonchev–Trinajstić information content (AvgIpc) is 3.50. The van der Waals surface area contributed by atoms with Crippen molar-refractivity contribution in [2.45, 2.75) is 43.7 Å². The maximum absolute atomic E-state index is 13.7. The Bertz CT molecular complexity index is 1260. The Balaban J connectivity index is 1.39. The largest absolute Gasteiger partial charge is 0.497 e. The fourth-order valence-electron chi connectivity index (χ4n) is 6.72. The molecule has 6 nitrogen and oxygen atoms in total. The van der Waals surface area contributed by atoms with Crippen LogP contribution in [0.25, 0.3) is 10.9 Å². The number of nitrogens with zero attached hydrogens (tertiary/aromatic N) is 2. The van der Waals surface area contributed by atoms with Crippen LogP contribution in [0.2, 0.25) is 0 Å². The van der Waals surface area contributed by atoms with Gasteiger partial charge in [0.25, 0.3) is 0 Å². The van der Waals surface area contributed by atoms with E-state index in [2.05, 4.69) is 16.0 Å². The van der Waals surface area contributed by atoms with Crippen molar-refractivity contribution in [1.82, 2.24) is 14.8 Å². The molecule has 6 rings (SSSR count). The number of benzene rings is 2. The van der Waals surface area contributed by atoms with Crippen LogP contribution in [-0.2, 0) is 16.8 Å². The van der Waals surface area contributed by atoms with Gasteiger partial charge in [-0.1, -0.05) is 25.0 Å². The van der Waals surface area contributed by atoms with Gasteiger partial charge in [0.1, 0.15) is 11.6 Å². The third-order valence-corrected chi connectivity index (χ3v) is 8.26. The van der Waals surface area contributed by atoms with Crippen LogP contribution in [0.3, 0.4) is 0 Å². The minimum absolute atomic E-state index is 0.0515. The van der Waals surface area contributed by atoms with E-state index in [-0.39, 0.29) is 35.7 Å². The molecule has 1 aliphatic carbocycles. The molecule has 3 aromatic rings. The number of aromatic amines is 1. The maximum Gasteiger partial charge on any atom is 0.226 e. The Morgan fingerprint density at radius 2 is 1.97 bits per heavy atom. The quantitative estimate of drug-likeness (QED) is 0.580. The Morgan fingerprint density at radius 3 is 2.69 bits per heavy atom. The van der Waals surface area contributed by atoms with Crippen LogP contribution in [0, 0.1) is 11.7 Å². The lowest BCUT2D eigenvalue weighted by atomic mass is 9.68. The number of rotatable bonds is 5. The van der Waals surface area contributed by atoms with Gasteiger partial charge in [0, 0.05) is 60.2 Å². The van der Waals surface area contributed by atoms with Crippen LogP contribution >= 0.6 is 0 Å². The number of hydrogen-bond donors (Lipinski definition) is 2. The first kappa shape index (κ1) is 22.6. The molecule has 1 spiro atoms. The molecule has 3 heterocycles. The molecule has 2 fully saturated rings. The first-order valence-electron chi connectivity index (χ1n) is 12.6. The van der Waals surface area contributed by atoms with Gasteiger partial charge in [0.15, 0.2) is 0 Å². The minimum atomic E-state index is -0.376. The van der Waals surface area contributed by atoms with Crippen LogP contribution in [0.15, 0.2) is 42.5 Å². The van der Waals surface area contributed by atoms with E-state index in [1.165, 1.54) is 11.6 Å². The summed E-state index contributed by atoms with van der Waals surface area (Å²) in [4.78, 5) is 21.5. The lowest BCUT2D eigenvalue weighted by Gasteiger charge is -2.56. The van der Waals surface area contributed by atoms with Gasteiger partial charge in [-0.25, -0.2) is 4.39 Å². The number of ether oxygens (including phenoxy) is 1. The van der Waals surface area contributed by atoms with Crippen LogP contribution in [0.1, 0.15) is 48.5 Å². The zero-order chi connectivity index (χ0) is 24.2. The molecule has 2 aliphatic heterocycles. The molecule has 7 heteroatoms. The molecule has 2 aromatic carbocycles. The standard InChI is InChI=1S/C28H32FN3O3/c1-35-21-9-10-22-23(12-21)30-26-24(14-33)32(27(34)19-6-2-3-7-19)17-28(25(22)26)15-31(16-28)13-18-5-4-8-20(29)11-18/h4-5,8-12,19,24,30,33H,2-3,6-7,13-17H2,1H3/t24-/m1/s1. The van der Waals surface area contributed by atoms with Gasteiger partial charge in [-0.3, -0.25) is 9.69 Å². The summed E-state index contributed by atoms with van der Waals surface area (Å²) in [6.07, 6.45) is 4.06. The summed E-state index contributed by atoms with van der Waals surface area (Å²) in [5.41, 5.74) is 3.84. The van der Waals surface area contributed by atoms with Crippen molar-refractivity contribution < 1.29 is 19.0 Å². The van der Waals surface area contributed by atoms with E-state index in [9.17, 15) is 14.3 Å². The highest BCUT2D eigenvalue weighted by atomic mass is 19.1. The lowest BCUT2D eigenvalue weighted by molar-refractivity contribution is -0.143. The van der Waals surface area contributed by atoms with Crippen molar-refractivity contribution in [3.63, 3.8) is 0 Å². The van der Waals surface area contributed by atoms with E-state index < -0.39 is 0 Å². The normalized spacial score (nSPS) is 21.9. The Kier molecular flexibility index (Phi) is 5.57. The molecule has 0 radical (unpaired) electrons. The number of aliphatic hydroxyl groups excluding tert-OH is 1. The highest BCUT2D eigenvalue weighted by Gasteiger charge is 2.54. The smallest absolute Gasteiger partial charge is 0.226 e. The fourth-order valence-corrected chi connectivity index (χ4v) is 6.72. The number of halogens is 1.